The first-order valence-electron chi connectivity index (χ1n) is 11.2. The fourth-order valence-corrected chi connectivity index (χ4v) is 8.21. The minimum absolute atomic E-state index is 0.0335. The zero-order valence-electron chi connectivity index (χ0n) is 18.4. The molecule has 2 heterocycles. The first-order chi connectivity index (χ1) is 14.4. The van der Waals surface area contributed by atoms with E-state index in [1.165, 1.54) is 4.88 Å². The Morgan fingerprint density at radius 1 is 1.47 bits per heavy atom. The molecule has 30 heavy (non-hydrogen) atoms. The molecular formula is C23H35N3O2S2. The van der Waals surface area contributed by atoms with Crippen molar-refractivity contribution in [3.8, 4) is 0 Å². The number of rotatable bonds is 5. The lowest BCUT2D eigenvalue weighted by molar-refractivity contribution is -0.144. The van der Waals surface area contributed by atoms with Crippen LogP contribution in [0.1, 0.15) is 50.1 Å². The molecule has 4 rings (SSSR count). The van der Waals surface area contributed by atoms with Gasteiger partial charge in [0.2, 0.25) is 5.91 Å². The third kappa shape index (κ3) is 3.93. The molecule has 1 amide bonds. The highest BCUT2D eigenvalue weighted by Crippen LogP contribution is 2.57. The van der Waals surface area contributed by atoms with E-state index >= 15 is 0 Å². The third-order valence-corrected chi connectivity index (χ3v) is 9.65. The van der Waals surface area contributed by atoms with E-state index in [-0.39, 0.29) is 35.0 Å². The van der Waals surface area contributed by atoms with E-state index in [0.29, 0.717) is 6.54 Å². The van der Waals surface area contributed by atoms with Crippen molar-refractivity contribution in [2.24, 2.45) is 23.2 Å². The molecule has 3 aliphatic rings. The number of nitrogens with zero attached hydrogens (tertiary/aromatic N) is 2. The molecule has 6 unspecified atom stereocenters. The Morgan fingerprint density at radius 2 is 2.20 bits per heavy atom. The number of aliphatic hydroxyl groups is 1. The summed E-state index contributed by atoms with van der Waals surface area (Å²) in [4.78, 5) is 21.4. The van der Waals surface area contributed by atoms with E-state index in [9.17, 15) is 9.90 Å². The van der Waals surface area contributed by atoms with Gasteiger partial charge < -0.3 is 15.3 Å². The minimum Gasteiger partial charge on any atom is -0.392 e. The van der Waals surface area contributed by atoms with Gasteiger partial charge in [-0.1, -0.05) is 26.8 Å². The second-order valence-corrected chi connectivity index (χ2v) is 11.9. The van der Waals surface area contributed by atoms with Crippen molar-refractivity contribution in [3.05, 3.63) is 23.2 Å². The SMILES string of the molecule is C=CCNc1nc2c(s1)CC1(C)CCC(C(C)C(=O)N3CCSCC3)C(O)C1C2C. The van der Waals surface area contributed by atoms with Crippen LogP contribution in [0.4, 0.5) is 5.13 Å². The summed E-state index contributed by atoms with van der Waals surface area (Å²) in [7, 11) is 0. The number of aliphatic hydroxyl groups excluding tert-OH is 1. The number of carbonyl (C=O) groups excluding carboxylic acids is 1. The average Bonchev–Trinajstić information content (AvgIpc) is 3.14. The van der Waals surface area contributed by atoms with Gasteiger partial charge in [0.25, 0.3) is 0 Å². The number of hydrogen-bond acceptors (Lipinski definition) is 6. The van der Waals surface area contributed by atoms with Crippen LogP contribution in [0.5, 0.6) is 0 Å². The number of aromatic nitrogens is 1. The van der Waals surface area contributed by atoms with Crippen LogP contribution in [0.2, 0.25) is 0 Å². The second kappa shape index (κ2) is 8.83. The molecule has 0 aromatic carbocycles. The van der Waals surface area contributed by atoms with Gasteiger partial charge in [0.15, 0.2) is 5.13 Å². The molecule has 5 nitrogen and oxygen atoms in total. The number of fused-ring (bicyclic) bond motifs is 2. The Morgan fingerprint density at radius 3 is 2.90 bits per heavy atom. The fraction of sp³-hybridized carbons (Fsp3) is 0.739. The predicted molar refractivity (Wildman–Crippen MR) is 126 cm³/mol. The number of thiazole rings is 1. The molecule has 166 valence electrons. The summed E-state index contributed by atoms with van der Waals surface area (Å²) in [5.41, 5.74) is 1.20. The highest BCUT2D eigenvalue weighted by atomic mass is 32.2. The van der Waals surface area contributed by atoms with E-state index in [2.05, 4.69) is 25.7 Å². The number of carbonyl (C=O) groups is 1. The lowest BCUT2D eigenvalue weighted by Crippen LogP contribution is -2.54. The van der Waals surface area contributed by atoms with Crippen molar-refractivity contribution in [3.63, 3.8) is 0 Å². The molecule has 2 fully saturated rings. The first kappa shape index (κ1) is 22.2. The van der Waals surface area contributed by atoms with Gasteiger partial charge in [-0.2, -0.15) is 11.8 Å². The third-order valence-electron chi connectivity index (χ3n) is 7.67. The van der Waals surface area contributed by atoms with E-state index in [1.807, 2.05) is 29.7 Å². The molecular weight excluding hydrogens is 414 g/mol. The molecule has 1 aliphatic heterocycles. The maximum Gasteiger partial charge on any atom is 0.225 e. The maximum absolute atomic E-state index is 13.1. The standard InChI is InChI=1S/C23H35N3O2S2/c1-5-8-24-22-25-19-15(3)18-20(27)16(6-7-23(18,4)13-17(19)30-22)14(2)21(28)26-9-11-29-12-10-26/h5,14-16,18,20,27H,1,6-13H2,2-4H3,(H,24,25). The number of thioether (sulfide) groups is 1. The van der Waals surface area contributed by atoms with Crippen LogP contribution < -0.4 is 5.32 Å². The summed E-state index contributed by atoms with van der Waals surface area (Å²) in [5.74, 6) is 2.53. The highest BCUT2D eigenvalue weighted by molar-refractivity contribution is 7.99. The molecule has 0 radical (unpaired) electrons. The molecule has 6 atom stereocenters. The molecule has 1 saturated carbocycles. The Hall–Kier alpha value is -1.05. The topological polar surface area (TPSA) is 65.5 Å². The van der Waals surface area contributed by atoms with Gasteiger partial charge in [0, 0.05) is 47.9 Å². The highest BCUT2D eigenvalue weighted by Gasteiger charge is 2.54. The molecule has 1 aromatic heterocycles. The Bertz CT molecular complexity index is 791. The number of nitrogens with one attached hydrogen (secondary N) is 1. The van der Waals surface area contributed by atoms with Gasteiger partial charge in [-0.3, -0.25) is 4.79 Å². The van der Waals surface area contributed by atoms with Crippen molar-refractivity contribution in [2.75, 3.05) is 36.5 Å². The predicted octanol–water partition coefficient (Wildman–Crippen LogP) is 4.01. The normalized spacial score (nSPS) is 34.6. The molecule has 7 heteroatoms. The van der Waals surface area contributed by atoms with Crippen LogP contribution in [0, 0.1) is 23.2 Å². The van der Waals surface area contributed by atoms with Gasteiger partial charge in [0.1, 0.15) is 0 Å². The van der Waals surface area contributed by atoms with Crippen LogP contribution in [0.15, 0.2) is 12.7 Å². The number of anilines is 1. The molecule has 2 N–H and O–H groups in total. The van der Waals surface area contributed by atoms with Crippen LogP contribution >= 0.6 is 23.1 Å². The van der Waals surface area contributed by atoms with Gasteiger partial charge >= 0.3 is 0 Å². The summed E-state index contributed by atoms with van der Waals surface area (Å²) in [5, 5.41) is 15.8. The molecule has 1 saturated heterocycles. The zero-order valence-corrected chi connectivity index (χ0v) is 20.0. The zero-order chi connectivity index (χ0) is 21.5. The summed E-state index contributed by atoms with van der Waals surface area (Å²) in [6.07, 6.45) is 4.34. The summed E-state index contributed by atoms with van der Waals surface area (Å²) >= 11 is 3.67. The molecule has 1 aromatic rings. The van der Waals surface area contributed by atoms with Gasteiger partial charge in [-0.25, -0.2) is 4.98 Å². The Balaban J connectivity index is 1.54. The lowest BCUT2D eigenvalue weighted by atomic mass is 9.53. The smallest absolute Gasteiger partial charge is 0.225 e. The Kier molecular flexibility index (Phi) is 6.52. The summed E-state index contributed by atoms with van der Waals surface area (Å²) in [6, 6.07) is 0. The van der Waals surface area contributed by atoms with Crippen LogP contribution in [-0.2, 0) is 11.2 Å². The second-order valence-electron chi connectivity index (χ2n) is 9.56. The van der Waals surface area contributed by atoms with Crippen LogP contribution in [0.25, 0.3) is 0 Å². The fourth-order valence-electron chi connectivity index (χ4n) is 6.04. The molecule has 2 aliphatic carbocycles. The quantitative estimate of drug-likeness (QED) is 0.665. The largest absolute Gasteiger partial charge is 0.392 e. The van der Waals surface area contributed by atoms with E-state index < -0.39 is 6.10 Å². The van der Waals surface area contributed by atoms with E-state index in [1.54, 1.807) is 11.3 Å². The monoisotopic (exact) mass is 449 g/mol. The van der Waals surface area contributed by atoms with Crippen molar-refractivity contribution < 1.29 is 9.90 Å². The minimum atomic E-state index is -0.462. The van der Waals surface area contributed by atoms with Gasteiger partial charge in [0.05, 0.1) is 11.8 Å². The summed E-state index contributed by atoms with van der Waals surface area (Å²) < 4.78 is 0. The van der Waals surface area contributed by atoms with Gasteiger partial charge in [-0.05, 0) is 36.5 Å². The summed E-state index contributed by atoms with van der Waals surface area (Å²) in [6.45, 7) is 12.8. The van der Waals surface area contributed by atoms with E-state index in [4.69, 9.17) is 4.98 Å². The van der Waals surface area contributed by atoms with Crippen molar-refractivity contribution in [1.29, 1.82) is 0 Å². The average molecular weight is 450 g/mol. The van der Waals surface area contributed by atoms with E-state index in [0.717, 1.165) is 54.7 Å². The number of hydrogen-bond donors (Lipinski definition) is 2. The lowest BCUT2D eigenvalue weighted by Gasteiger charge is -2.53. The Labute approximate surface area is 188 Å². The molecule has 0 spiro atoms. The van der Waals surface area contributed by atoms with Gasteiger partial charge in [-0.15, -0.1) is 17.9 Å². The van der Waals surface area contributed by atoms with Crippen molar-refractivity contribution in [2.45, 2.75) is 52.1 Å². The van der Waals surface area contributed by atoms with Crippen LogP contribution in [-0.4, -0.2) is 58.1 Å². The van der Waals surface area contributed by atoms with Crippen molar-refractivity contribution in [1.82, 2.24) is 9.88 Å². The molecule has 0 bridgehead atoms. The van der Waals surface area contributed by atoms with Crippen LogP contribution in [0.3, 0.4) is 0 Å². The first-order valence-corrected chi connectivity index (χ1v) is 13.2. The van der Waals surface area contributed by atoms with Crippen molar-refractivity contribution >= 4 is 34.1 Å². The number of amides is 1. The maximum atomic E-state index is 13.1.